The first-order chi connectivity index (χ1) is 11.5. The van der Waals surface area contributed by atoms with Crippen LogP contribution < -0.4 is 10.9 Å². The van der Waals surface area contributed by atoms with E-state index in [-0.39, 0.29) is 17.4 Å². The highest BCUT2D eigenvalue weighted by Gasteiger charge is 2.19. The second kappa shape index (κ2) is 9.02. The Balaban J connectivity index is 1.97. The summed E-state index contributed by atoms with van der Waals surface area (Å²) < 4.78 is 5.39. The van der Waals surface area contributed by atoms with Crippen LogP contribution >= 0.6 is 0 Å². The van der Waals surface area contributed by atoms with Crippen LogP contribution in [0.5, 0.6) is 0 Å². The smallest absolute Gasteiger partial charge is 0.349 e. The van der Waals surface area contributed by atoms with E-state index in [1.165, 1.54) is 19.3 Å². The van der Waals surface area contributed by atoms with Gasteiger partial charge in [0.05, 0.1) is 0 Å². The molecule has 1 N–H and O–H groups in total. The van der Waals surface area contributed by atoms with Gasteiger partial charge in [0.1, 0.15) is 11.3 Å². The Kier molecular flexibility index (Phi) is 7.03. The first kappa shape index (κ1) is 18.7. The number of rotatable bonds is 7. The largest absolute Gasteiger partial charge is 0.427 e. The van der Waals surface area contributed by atoms with E-state index in [0.717, 1.165) is 32.5 Å². The van der Waals surface area contributed by atoms with Crippen molar-refractivity contribution in [2.45, 2.75) is 58.8 Å². The van der Waals surface area contributed by atoms with Gasteiger partial charge in [0.25, 0.3) is 5.91 Å². The summed E-state index contributed by atoms with van der Waals surface area (Å²) in [4.78, 5) is 26.9. The van der Waals surface area contributed by atoms with Crippen LogP contribution in [0.4, 0.5) is 0 Å². The maximum atomic E-state index is 12.3. The molecule has 5 heteroatoms. The van der Waals surface area contributed by atoms with Crippen LogP contribution in [0.25, 0.3) is 0 Å². The second-order valence-corrected chi connectivity index (χ2v) is 6.84. The van der Waals surface area contributed by atoms with Gasteiger partial charge in [0, 0.05) is 19.0 Å². The summed E-state index contributed by atoms with van der Waals surface area (Å²) in [5, 5.41) is 2.86. The van der Waals surface area contributed by atoms with Gasteiger partial charge in [-0.15, -0.1) is 0 Å². The molecule has 1 amide bonds. The predicted molar refractivity (Wildman–Crippen MR) is 95.7 cm³/mol. The topological polar surface area (TPSA) is 62.6 Å². The van der Waals surface area contributed by atoms with Gasteiger partial charge in [-0.05, 0) is 50.9 Å². The van der Waals surface area contributed by atoms with Gasteiger partial charge < -0.3 is 14.6 Å². The van der Waals surface area contributed by atoms with Crippen LogP contribution in [0.15, 0.2) is 15.3 Å². The fourth-order valence-corrected chi connectivity index (χ4v) is 3.32. The molecule has 1 aromatic heterocycles. The van der Waals surface area contributed by atoms with E-state index >= 15 is 0 Å². The van der Waals surface area contributed by atoms with E-state index in [1.54, 1.807) is 6.92 Å². The number of carbonyl (C=O) groups excluding carboxylic acids is 1. The number of amides is 1. The van der Waals surface area contributed by atoms with Crippen molar-refractivity contribution in [1.82, 2.24) is 10.2 Å². The number of nitrogens with zero attached hydrogens (tertiary/aromatic N) is 1. The maximum absolute atomic E-state index is 12.3. The Morgan fingerprint density at radius 1 is 1.33 bits per heavy atom. The van der Waals surface area contributed by atoms with Crippen LogP contribution in [0, 0.1) is 6.92 Å². The van der Waals surface area contributed by atoms with Gasteiger partial charge in [-0.2, -0.15) is 0 Å². The number of carbonyl (C=O) groups is 1. The molecule has 1 aliphatic heterocycles. The average Bonchev–Trinajstić information content (AvgIpc) is 2.55. The first-order valence-corrected chi connectivity index (χ1v) is 9.18. The van der Waals surface area contributed by atoms with Crippen LogP contribution in [0.3, 0.4) is 0 Å². The predicted octanol–water partition coefficient (Wildman–Crippen LogP) is 3.07. The van der Waals surface area contributed by atoms with E-state index in [1.807, 2.05) is 13.0 Å². The average molecular weight is 334 g/mol. The number of aryl methyl sites for hydroxylation is 1. The molecule has 1 unspecified atom stereocenters. The molecular formula is C19H30N2O3. The lowest BCUT2D eigenvalue weighted by molar-refractivity contribution is 0.0941. The highest BCUT2D eigenvalue weighted by molar-refractivity contribution is 5.95. The third kappa shape index (κ3) is 4.94. The zero-order valence-corrected chi connectivity index (χ0v) is 15.2. The Morgan fingerprint density at radius 2 is 2.04 bits per heavy atom. The zero-order chi connectivity index (χ0) is 17.5. The second-order valence-electron chi connectivity index (χ2n) is 6.84. The summed E-state index contributed by atoms with van der Waals surface area (Å²) in [7, 11) is 0. The number of piperidine rings is 1. The Morgan fingerprint density at radius 3 is 2.67 bits per heavy atom. The summed E-state index contributed by atoms with van der Waals surface area (Å²) in [6.45, 7) is 9.54. The molecule has 24 heavy (non-hydrogen) atoms. The van der Waals surface area contributed by atoms with Crippen LogP contribution in [0.1, 0.15) is 73.6 Å². The molecule has 1 atom stereocenters. The molecule has 1 saturated heterocycles. The van der Waals surface area contributed by atoms with Gasteiger partial charge in [-0.3, -0.25) is 4.79 Å². The maximum Gasteiger partial charge on any atom is 0.349 e. The van der Waals surface area contributed by atoms with Crippen molar-refractivity contribution in [1.29, 1.82) is 0 Å². The summed E-state index contributed by atoms with van der Waals surface area (Å²) in [5.41, 5.74) is 0.309. The summed E-state index contributed by atoms with van der Waals surface area (Å²) >= 11 is 0. The molecule has 0 aliphatic carbocycles. The molecule has 0 spiro atoms. The van der Waals surface area contributed by atoms with Crippen molar-refractivity contribution < 1.29 is 9.21 Å². The van der Waals surface area contributed by atoms with Gasteiger partial charge in [0.15, 0.2) is 0 Å². The summed E-state index contributed by atoms with van der Waals surface area (Å²) in [6, 6.07) is 1.83. The van der Waals surface area contributed by atoms with E-state index in [0.29, 0.717) is 17.9 Å². The molecule has 0 saturated carbocycles. The molecule has 1 fully saturated rings. The normalized spacial score (nSPS) is 16.8. The molecule has 0 bridgehead atoms. The molecular weight excluding hydrogens is 304 g/mol. The SMILES string of the molecule is CCCC(C)c1cc(C)c(C(=O)NCCN2CCCCC2)c(=O)o1. The van der Waals surface area contributed by atoms with Gasteiger partial charge in [-0.1, -0.05) is 26.7 Å². The molecule has 0 aromatic carbocycles. The van der Waals surface area contributed by atoms with Crippen molar-refractivity contribution in [3.05, 3.63) is 33.4 Å². The monoisotopic (exact) mass is 334 g/mol. The van der Waals surface area contributed by atoms with E-state index in [2.05, 4.69) is 17.1 Å². The van der Waals surface area contributed by atoms with Crippen molar-refractivity contribution in [3.63, 3.8) is 0 Å². The minimum atomic E-state index is -0.525. The lowest BCUT2D eigenvalue weighted by Gasteiger charge is -2.26. The number of nitrogens with one attached hydrogen (secondary N) is 1. The third-order valence-electron chi connectivity index (χ3n) is 4.76. The fraction of sp³-hybridized carbons (Fsp3) is 0.684. The molecule has 1 aliphatic rings. The summed E-state index contributed by atoms with van der Waals surface area (Å²) in [6.07, 6.45) is 5.75. The molecule has 1 aromatic rings. The van der Waals surface area contributed by atoms with Crippen molar-refractivity contribution in [2.75, 3.05) is 26.2 Å². The van der Waals surface area contributed by atoms with Gasteiger partial charge >= 0.3 is 5.63 Å². The lowest BCUT2D eigenvalue weighted by Crippen LogP contribution is -2.39. The van der Waals surface area contributed by atoms with E-state index in [4.69, 9.17) is 4.42 Å². The number of hydrogen-bond donors (Lipinski definition) is 1. The lowest BCUT2D eigenvalue weighted by atomic mass is 10.0. The zero-order valence-electron chi connectivity index (χ0n) is 15.2. The van der Waals surface area contributed by atoms with Crippen LogP contribution in [-0.4, -0.2) is 37.0 Å². The Hall–Kier alpha value is -1.62. The van der Waals surface area contributed by atoms with Crippen molar-refractivity contribution >= 4 is 5.91 Å². The Labute approximate surface area is 144 Å². The first-order valence-electron chi connectivity index (χ1n) is 9.18. The highest BCUT2D eigenvalue weighted by atomic mass is 16.4. The van der Waals surface area contributed by atoms with Gasteiger partial charge in [0.2, 0.25) is 0 Å². The number of hydrogen-bond acceptors (Lipinski definition) is 4. The fourth-order valence-electron chi connectivity index (χ4n) is 3.32. The van der Waals surface area contributed by atoms with E-state index < -0.39 is 5.63 Å². The number of likely N-dealkylation sites (tertiary alicyclic amines) is 1. The molecule has 5 nitrogen and oxygen atoms in total. The van der Waals surface area contributed by atoms with Gasteiger partial charge in [-0.25, -0.2) is 4.79 Å². The molecule has 2 heterocycles. The third-order valence-corrected chi connectivity index (χ3v) is 4.76. The standard InChI is InChI=1S/C19H30N2O3/c1-4-8-14(2)16-13-15(3)17(19(23)24-16)18(22)20-9-12-21-10-6-5-7-11-21/h13-14H,4-12H2,1-3H3,(H,20,22). The molecule has 2 rings (SSSR count). The molecule has 0 radical (unpaired) electrons. The van der Waals surface area contributed by atoms with Crippen molar-refractivity contribution in [2.24, 2.45) is 0 Å². The van der Waals surface area contributed by atoms with Crippen molar-refractivity contribution in [3.8, 4) is 0 Å². The quantitative estimate of drug-likeness (QED) is 0.832. The minimum absolute atomic E-state index is 0.140. The Bertz CT molecular complexity index is 603. The van der Waals surface area contributed by atoms with Crippen LogP contribution in [0.2, 0.25) is 0 Å². The van der Waals surface area contributed by atoms with Crippen LogP contribution in [-0.2, 0) is 0 Å². The minimum Gasteiger partial charge on any atom is -0.427 e. The van der Waals surface area contributed by atoms with E-state index in [9.17, 15) is 9.59 Å². The summed E-state index contributed by atoms with van der Waals surface area (Å²) in [5.74, 6) is 0.537. The molecule has 134 valence electrons. The highest BCUT2D eigenvalue weighted by Crippen LogP contribution is 2.21.